The molecular formula is C22H36O2. The lowest BCUT2D eigenvalue weighted by Gasteiger charge is -2.25. The summed E-state index contributed by atoms with van der Waals surface area (Å²) in [5.74, 6) is 3.34. The predicted molar refractivity (Wildman–Crippen MR) is 101 cm³/mol. The molecular weight excluding hydrogens is 296 g/mol. The van der Waals surface area contributed by atoms with Crippen LogP contribution in [0.15, 0.2) is 24.3 Å². The Kier molecular flexibility index (Phi) is 7.61. The summed E-state index contributed by atoms with van der Waals surface area (Å²) in [6.45, 7) is 9.17. The maximum atomic E-state index is 10.2. The van der Waals surface area contributed by atoms with Crippen LogP contribution in [0, 0.1) is 17.8 Å². The Morgan fingerprint density at radius 1 is 1.00 bits per heavy atom. The van der Waals surface area contributed by atoms with Crippen LogP contribution >= 0.6 is 0 Å². The van der Waals surface area contributed by atoms with Crippen molar-refractivity contribution in [3.8, 4) is 5.75 Å². The fourth-order valence-electron chi connectivity index (χ4n) is 4.01. The van der Waals surface area contributed by atoms with Gasteiger partial charge in [-0.25, -0.2) is 0 Å². The molecule has 2 nitrogen and oxygen atoms in total. The average molecular weight is 333 g/mol. The molecule has 1 aromatic rings. The van der Waals surface area contributed by atoms with E-state index >= 15 is 0 Å². The first-order valence-electron chi connectivity index (χ1n) is 9.90. The van der Waals surface area contributed by atoms with E-state index in [1.807, 2.05) is 12.1 Å². The van der Waals surface area contributed by atoms with Gasteiger partial charge in [-0.1, -0.05) is 71.9 Å². The normalized spacial score (nSPS) is 18.8. The summed E-state index contributed by atoms with van der Waals surface area (Å²) in [5.41, 5.74) is 1.38. The highest BCUT2D eigenvalue weighted by molar-refractivity contribution is 5.30. The summed E-state index contributed by atoms with van der Waals surface area (Å²) >= 11 is 0. The number of ether oxygens (including phenoxy) is 1. The van der Waals surface area contributed by atoms with Crippen molar-refractivity contribution in [3.05, 3.63) is 29.8 Å². The lowest BCUT2D eigenvalue weighted by molar-refractivity contribution is -0.0377. The van der Waals surface area contributed by atoms with E-state index in [-0.39, 0.29) is 0 Å². The highest BCUT2D eigenvalue weighted by Crippen LogP contribution is 2.32. The first-order valence-corrected chi connectivity index (χ1v) is 9.90. The van der Waals surface area contributed by atoms with Crippen LogP contribution in [-0.2, 0) is 0 Å². The summed E-state index contributed by atoms with van der Waals surface area (Å²) in [5, 5.41) is 10.2. The molecule has 1 aliphatic rings. The molecule has 0 heterocycles. The third-order valence-corrected chi connectivity index (χ3v) is 5.37. The van der Waals surface area contributed by atoms with Crippen molar-refractivity contribution in [1.29, 1.82) is 0 Å². The first-order chi connectivity index (χ1) is 11.5. The number of benzene rings is 1. The topological polar surface area (TPSA) is 29.5 Å². The third kappa shape index (κ3) is 6.12. The number of aliphatic hydroxyl groups is 1. The van der Waals surface area contributed by atoms with E-state index in [4.69, 9.17) is 4.74 Å². The second-order valence-electron chi connectivity index (χ2n) is 8.36. The number of hydrogen-bond donors (Lipinski definition) is 1. The molecule has 1 aliphatic carbocycles. The fourth-order valence-corrected chi connectivity index (χ4v) is 4.01. The molecule has 0 spiro atoms. The maximum absolute atomic E-state index is 10.2. The van der Waals surface area contributed by atoms with Gasteiger partial charge >= 0.3 is 0 Å². The van der Waals surface area contributed by atoms with Gasteiger partial charge in [-0.15, -0.1) is 0 Å². The van der Waals surface area contributed by atoms with Gasteiger partial charge in [0.1, 0.15) is 5.75 Å². The largest absolute Gasteiger partial charge is 0.465 e. The smallest absolute Gasteiger partial charge is 0.197 e. The molecule has 1 saturated carbocycles. The molecule has 0 amide bonds. The van der Waals surface area contributed by atoms with Gasteiger partial charge in [0.05, 0.1) is 0 Å². The van der Waals surface area contributed by atoms with Crippen molar-refractivity contribution >= 4 is 0 Å². The molecule has 1 N–H and O–H groups in total. The molecule has 0 radical (unpaired) electrons. The van der Waals surface area contributed by atoms with Gasteiger partial charge in [0.2, 0.25) is 0 Å². The minimum absolute atomic E-state index is 0.589. The molecule has 2 rings (SSSR count). The minimum Gasteiger partial charge on any atom is -0.465 e. The first kappa shape index (κ1) is 19.3. The second-order valence-corrected chi connectivity index (χ2v) is 8.36. The summed E-state index contributed by atoms with van der Waals surface area (Å²) in [6.07, 6.45) is 7.75. The van der Waals surface area contributed by atoms with Crippen molar-refractivity contribution in [2.45, 2.75) is 84.8 Å². The van der Waals surface area contributed by atoms with Crippen molar-refractivity contribution in [2.24, 2.45) is 17.8 Å². The van der Waals surface area contributed by atoms with Crippen LogP contribution in [0.4, 0.5) is 0 Å². The Morgan fingerprint density at radius 3 is 2.17 bits per heavy atom. The quantitative estimate of drug-likeness (QED) is 0.579. The Bertz CT molecular complexity index is 457. The van der Waals surface area contributed by atoms with Gasteiger partial charge in [-0.2, -0.15) is 0 Å². The predicted octanol–water partition coefficient (Wildman–Crippen LogP) is 6.14. The van der Waals surface area contributed by atoms with E-state index in [2.05, 4.69) is 39.8 Å². The molecule has 0 bridgehead atoms. The molecule has 0 saturated heterocycles. The van der Waals surface area contributed by atoms with Crippen molar-refractivity contribution in [3.63, 3.8) is 0 Å². The van der Waals surface area contributed by atoms with E-state index in [0.29, 0.717) is 23.7 Å². The zero-order valence-electron chi connectivity index (χ0n) is 16.0. The molecule has 0 aromatic heterocycles. The molecule has 1 aromatic carbocycles. The Morgan fingerprint density at radius 2 is 1.62 bits per heavy atom. The summed E-state index contributed by atoms with van der Waals surface area (Å²) < 4.78 is 5.75. The van der Waals surface area contributed by atoms with E-state index < -0.39 is 6.29 Å². The molecule has 136 valence electrons. The standard InChI is InChI=1S/C22H36O2/c1-16(2)14-21(17(3)4)19-10-12-20(13-11-19)24-22(23)15-18-8-6-5-7-9-18/h10-13,16-18,21-23H,5-9,14-15H2,1-4H3. The number of aliphatic hydroxyl groups excluding tert-OH is 1. The van der Waals surface area contributed by atoms with E-state index in [1.165, 1.54) is 44.1 Å². The number of rotatable bonds is 8. The van der Waals surface area contributed by atoms with Crippen LogP contribution in [0.1, 0.15) is 84.1 Å². The minimum atomic E-state index is -0.671. The van der Waals surface area contributed by atoms with E-state index in [9.17, 15) is 5.11 Å². The molecule has 2 unspecified atom stereocenters. The lowest BCUT2D eigenvalue weighted by Crippen LogP contribution is -2.21. The maximum Gasteiger partial charge on any atom is 0.197 e. The van der Waals surface area contributed by atoms with E-state index in [0.717, 1.165) is 12.2 Å². The van der Waals surface area contributed by atoms with Gasteiger partial charge in [0, 0.05) is 6.42 Å². The van der Waals surface area contributed by atoms with Gasteiger partial charge in [0.25, 0.3) is 0 Å². The summed E-state index contributed by atoms with van der Waals surface area (Å²) in [7, 11) is 0. The Hall–Kier alpha value is -1.02. The fraction of sp³-hybridized carbons (Fsp3) is 0.727. The highest BCUT2D eigenvalue weighted by Gasteiger charge is 2.20. The molecule has 2 heteroatoms. The monoisotopic (exact) mass is 332 g/mol. The Balaban J connectivity index is 1.90. The van der Waals surface area contributed by atoms with Crippen molar-refractivity contribution in [1.82, 2.24) is 0 Å². The average Bonchev–Trinajstić information content (AvgIpc) is 2.54. The SMILES string of the molecule is CC(C)CC(c1ccc(OC(O)CC2CCCCC2)cc1)C(C)C. The van der Waals surface area contributed by atoms with Gasteiger partial charge < -0.3 is 9.84 Å². The lowest BCUT2D eigenvalue weighted by atomic mass is 9.82. The van der Waals surface area contributed by atoms with Gasteiger partial charge in [-0.05, 0) is 47.8 Å². The van der Waals surface area contributed by atoms with Crippen LogP contribution < -0.4 is 4.74 Å². The van der Waals surface area contributed by atoms with Crippen LogP contribution in [0.2, 0.25) is 0 Å². The molecule has 24 heavy (non-hydrogen) atoms. The zero-order valence-corrected chi connectivity index (χ0v) is 16.0. The molecule has 0 aliphatic heterocycles. The van der Waals surface area contributed by atoms with Crippen LogP contribution in [-0.4, -0.2) is 11.4 Å². The number of hydrogen-bond acceptors (Lipinski definition) is 2. The van der Waals surface area contributed by atoms with Gasteiger partial charge in [0.15, 0.2) is 6.29 Å². The van der Waals surface area contributed by atoms with Crippen molar-refractivity contribution < 1.29 is 9.84 Å². The summed E-state index contributed by atoms with van der Waals surface area (Å²) in [6, 6.07) is 8.40. The van der Waals surface area contributed by atoms with Crippen molar-refractivity contribution in [2.75, 3.05) is 0 Å². The highest BCUT2D eigenvalue weighted by atomic mass is 16.6. The second kappa shape index (κ2) is 9.46. The third-order valence-electron chi connectivity index (χ3n) is 5.37. The zero-order chi connectivity index (χ0) is 17.5. The van der Waals surface area contributed by atoms with E-state index in [1.54, 1.807) is 0 Å². The van der Waals surface area contributed by atoms with Crippen LogP contribution in [0.25, 0.3) is 0 Å². The molecule has 1 fully saturated rings. The Labute approximate surface area is 148 Å². The van der Waals surface area contributed by atoms with Gasteiger partial charge in [-0.3, -0.25) is 0 Å². The summed E-state index contributed by atoms with van der Waals surface area (Å²) in [4.78, 5) is 0. The van der Waals surface area contributed by atoms with Crippen LogP contribution in [0.5, 0.6) is 5.75 Å². The van der Waals surface area contributed by atoms with Crippen LogP contribution in [0.3, 0.4) is 0 Å². The molecule has 2 atom stereocenters.